The molecule has 1 aromatic heterocycles. The van der Waals surface area contributed by atoms with Gasteiger partial charge in [-0.1, -0.05) is 0 Å². The number of nitrogens with zero attached hydrogens (tertiary/aromatic N) is 1. The predicted octanol–water partition coefficient (Wildman–Crippen LogP) is 3.50. The van der Waals surface area contributed by atoms with E-state index in [0.717, 1.165) is 18.3 Å². The van der Waals surface area contributed by atoms with Crippen molar-refractivity contribution in [2.45, 2.75) is 12.7 Å². The van der Waals surface area contributed by atoms with E-state index in [1.165, 1.54) is 7.11 Å². The number of halogens is 3. The van der Waals surface area contributed by atoms with E-state index < -0.39 is 17.7 Å². The van der Waals surface area contributed by atoms with Crippen LogP contribution in [0, 0.1) is 0 Å². The standard InChI is InChI=1S/C15H13F3N2O2/c1-22-14(21)10-2-4-12(5-3-10)20-9-13-8-11(6-7-19-13)15(16,17)18/h2-8,20H,9H2,1H3. The van der Waals surface area contributed by atoms with Crippen molar-refractivity contribution in [3.05, 3.63) is 59.4 Å². The highest BCUT2D eigenvalue weighted by Gasteiger charge is 2.30. The molecule has 0 radical (unpaired) electrons. The first kappa shape index (κ1) is 15.8. The lowest BCUT2D eigenvalue weighted by molar-refractivity contribution is -0.137. The molecule has 1 aromatic carbocycles. The van der Waals surface area contributed by atoms with Crippen LogP contribution in [0.15, 0.2) is 42.6 Å². The Morgan fingerprint density at radius 2 is 1.91 bits per heavy atom. The van der Waals surface area contributed by atoms with Gasteiger partial charge in [-0.3, -0.25) is 4.98 Å². The molecule has 4 nitrogen and oxygen atoms in total. The van der Waals surface area contributed by atoms with Gasteiger partial charge in [-0.15, -0.1) is 0 Å². The predicted molar refractivity (Wildman–Crippen MR) is 74.3 cm³/mol. The number of carbonyl (C=O) groups excluding carboxylic acids is 1. The van der Waals surface area contributed by atoms with Crippen LogP contribution in [0.25, 0.3) is 0 Å². The largest absolute Gasteiger partial charge is 0.465 e. The van der Waals surface area contributed by atoms with E-state index in [4.69, 9.17) is 0 Å². The van der Waals surface area contributed by atoms with Crippen LogP contribution >= 0.6 is 0 Å². The summed E-state index contributed by atoms with van der Waals surface area (Å²) in [6.07, 6.45) is -3.26. The van der Waals surface area contributed by atoms with Gasteiger partial charge in [-0.25, -0.2) is 4.79 Å². The van der Waals surface area contributed by atoms with Crippen molar-refractivity contribution in [2.24, 2.45) is 0 Å². The van der Waals surface area contributed by atoms with Crippen LogP contribution in [0.2, 0.25) is 0 Å². The molecule has 0 saturated carbocycles. The molecule has 0 spiro atoms. The number of carbonyl (C=O) groups is 1. The normalized spacial score (nSPS) is 11.1. The van der Waals surface area contributed by atoms with E-state index in [-0.39, 0.29) is 12.2 Å². The third-order valence-corrected chi connectivity index (χ3v) is 2.92. The number of hydrogen-bond acceptors (Lipinski definition) is 4. The molecule has 22 heavy (non-hydrogen) atoms. The average Bonchev–Trinajstić information content (AvgIpc) is 2.52. The van der Waals surface area contributed by atoms with Gasteiger partial charge in [-0.05, 0) is 36.4 Å². The average molecular weight is 310 g/mol. The Balaban J connectivity index is 2.03. The SMILES string of the molecule is COC(=O)c1ccc(NCc2cc(C(F)(F)F)ccn2)cc1. The minimum absolute atomic E-state index is 0.140. The second-order valence-electron chi connectivity index (χ2n) is 4.46. The van der Waals surface area contributed by atoms with Crippen LogP contribution in [0.3, 0.4) is 0 Å². The molecule has 116 valence electrons. The number of aromatic nitrogens is 1. The Bertz CT molecular complexity index is 655. The van der Waals surface area contributed by atoms with E-state index in [0.29, 0.717) is 11.3 Å². The monoisotopic (exact) mass is 310 g/mol. The van der Waals surface area contributed by atoms with Crippen molar-refractivity contribution in [3.63, 3.8) is 0 Å². The van der Waals surface area contributed by atoms with Gasteiger partial charge in [0.1, 0.15) is 0 Å². The Labute approximate surface area is 124 Å². The quantitative estimate of drug-likeness (QED) is 0.878. The van der Waals surface area contributed by atoms with E-state index >= 15 is 0 Å². The molecule has 0 bridgehead atoms. The number of pyridine rings is 1. The van der Waals surface area contributed by atoms with Crippen LogP contribution in [-0.2, 0) is 17.5 Å². The maximum Gasteiger partial charge on any atom is 0.416 e. The van der Waals surface area contributed by atoms with Gasteiger partial charge in [0.25, 0.3) is 0 Å². The van der Waals surface area contributed by atoms with Crippen molar-refractivity contribution >= 4 is 11.7 Å². The molecule has 7 heteroatoms. The Morgan fingerprint density at radius 1 is 1.23 bits per heavy atom. The Morgan fingerprint density at radius 3 is 2.50 bits per heavy atom. The molecule has 0 aliphatic heterocycles. The smallest absolute Gasteiger partial charge is 0.416 e. The number of benzene rings is 1. The third kappa shape index (κ3) is 3.97. The molecular weight excluding hydrogens is 297 g/mol. The highest BCUT2D eigenvalue weighted by atomic mass is 19.4. The summed E-state index contributed by atoms with van der Waals surface area (Å²) in [5.41, 5.74) is 0.587. The zero-order valence-corrected chi connectivity index (χ0v) is 11.6. The zero-order valence-electron chi connectivity index (χ0n) is 11.6. The fraction of sp³-hybridized carbons (Fsp3) is 0.200. The third-order valence-electron chi connectivity index (χ3n) is 2.92. The first-order valence-corrected chi connectivity index (χ1v) is 6.34. The molecular formula is C15H13F3N2O2. The molecule has 0 aliphatic rings. The molecule has 0 saturated heterocycles. The summed E-state index contributed by atoms with van der Waals surface area (Å²) >= 11 is 0. The summed E-state index contributed by atoms with van der Waals surface area (Å²) in [4.78, 5) is 15.2. The Hall–Kier alpha value is -2.57. The maximum absolute atomic E-state index is 12.6. The summed E-state index contributed by atoms with van der Waals surface area (Å²) in [6.45, 7) is 0.140. The fourth-order valence-electron chi connectivity index (χ4n) is 1.79. The van der Waals surface area contributed by atoms with Gasteiger partial charge in [0.2, 0.25) is 0 Å². The first-order valence-electron chi connectivity index (χ1n) is 6.34. The number of rotatable bonds is 4. The highest BCUT2D eigenvalue weighted by Crippen LogP contribution is 2.29. The minimum atomic E-state index is -4.39. The maximum atomic E-state index is 12.6. The van der Waals surface area contributed by atoms with Crippen LogP contribution < -0.4 is 5.32 Å². The number of ether oxygens (including phenoxy) is 1. The molecule has 0 amide bonds. The van der Waals surface area contributed by atoms with Crippen LogP contribution in [0.4, 0.5) is 18.9 Å². The van der Waals surface area contributed by atoms with Crippen LogP contribution in [0.5, 0.6) is 0 Å². The number of methoxy groups -OCH3 is 1. The summed E-state index contributed by atoms with van der Waals surface area (Å²) in [5.74, 6) is -0.453. The van der Waals surface area contributed by atoms with Crippen molar-refractivity contribution < 1.29 is 22.7 Å². The van der Waals surface area contributed by atoms with Crippen LogP contribution in [-0.4, -0.2) is 18.1 Å². The number of hydrogen-bond donors (Lipinski definition) is 1. The molecule has 2 rings (SSSR count). The van der Waals surface area contributed by atoms with Crippen molar-refractivity contribution in [1.82, 2.24) is 4.98 Å². The lowest BCUT2D eigenvalue weighted by atomic mass is 10.2. The second-order valence-corrected chi connectivity index (χ2v) is 4.46. The molecule has 0 aliphatic carbocycles. The zero-order chi connectivity index (χ0) is 16.2. The number of anilines is 1. The van der Waals surface area contributed by atoms with E-state index in [1.807, 2.05) is 0 Å². The highest BCUT2D eigenvalue weighted by molar-refractivity contribution is 5.89. The topological polar surface area (TPSA) is 51.2 Å². The molecule has 0 atom stereocenters. The summed E-state index contributed by atoms with van der Waals surface area (Å²) < 4.78 is 42.4. The molecule has 2 aromatic rings. The minimum Gasteiger partial charge on any atom is -0.465 e. The lowest BCUT2D eigenvalue weighted by Gasteiger charge is -2.10. The summed E-state index contributed by atoms with van der Waals surface area (Å²) in [5, 5.41) is 2.94. The molecule has 1 N–H and O–H groups in total. The molecule has 1 heterocycles. The summed E-state index contributed by atoms with van der Waals surface area (Å²) in [7, 11) is 1.29. The van der Waals surface area contributed by atoms with Gasteiger partial charge in [-0.2, -0.15) is 13.2 Å². The fourth-order valence-corrected chi connectivity index (χ4v) is 1.79. The van der Waals surface area contributed by atoms with Gasteiger partial charge in [0, 0.05) is 11.9 Å². The van der Waals surface area contributed by atoms with Crippen molar-refractivity contribution in [1.29, 1.82) is 0 Å². The van der Waals surface area contributed by atoms with Gasteiger partial charge < -0.3 is 10.1 Å². The molecule has 0 unspecified atom stereocenters. The number of nitrogens with one attached hydrogen (secondary N) is 1. The van der Waals surface area contributed by atoms with Gasteiger partial charge in [0.15, 0.2) is 0 Å². The van der Waals surface area contributed by atoms with Gasteiger partial charge >= 0.3 is 12.1 Å². The number of esters is 1. The van der Waals surface area contributed by atoms with E-state index in [2.05, 4.69) is 15.0 Å². The van der Waals surface area contributed by atoms with Crippen molar-refractivity contribution in [3.8, 4) is 0 Å². The second kappa shape index (κ2) is 6.46. The first-order chi connectivity index (χ1) is 10.4. The van der Waals surface area contributed by atoms with Crippen molar-refractivity contribution in [2.75, 3.05) is 12.4 Å². The number of alkyl halides is 3. The summed E-state index contributed by atoms with van der Waals surface area (Å²) in [6, 6.07) is 8.33. The van der Waals surface area contributed by atoms with Crippen LogP contribution in [0.1, 0.15) is 21.6 Å². The molecule has 0 fully saturated rings. The van der Waals surface area contributed by atoms with E-state index in [1.54, 1.807) is 24.3 Å². The Kier molecular flexibility index (Phi) is 4.65. The lowest BCUT2D eigenvalue weighted by Crippen LogP contribution is -2.08. The van der Waals surface area contributed by atoms with E-state index in [9.17, 15) is 18.0 Å². The van der Waals surface area contributed by atoms with Gasteiger partial charge in [0.05, 0.1) is 30.5 Å².